The van der Waals surface area contributed by atoms with Crippen LogP contribution in [-0.2, 0) is 23.8 Å². The Bertz CT molecular complexity index is 782. The Hall–Kier alpha value is -2.16. The van der Waals surface area contributed by atoms with E-state index in [1.54, 1.807) is 25.7 Å². The fourth-order valence-electron chi connectivity index (χ4n) is 4.89. The number of amides is 3. The second kappa shape index (κ2) is 9.24. The minimum atomic E-state index is -0.867. The Kier molecular flexibility index (Phi) is 7.13. The van der Waals surface area contributed by atoms with Crippen LogP contribution >= 0.6 is 0 Å². The molecule has 186 valence electrons. The average molecular weight is 467 g/mol. The Morgan fingerprint density at radius 3 is 1.94 bits per heavy atom. The molecule has 3 heterocycles. The van der Waals surface area contributed by atoms with Crippen molar-refractivity contribution in [3.8, 4) is 0 Å². The molecule has 3 fully saturated rings. The van der Waals surface area contributed by atoms with Crippen molar-refractivity contribution in [3.63, 3.8) is 0 Å². The molecule has 3 rings (SSSR count). The van der Waals surface area contributed by atoms with Gasteiger partial charge in [-0.25, -0.2) is 14.5 Å². The van der Waals surface area contributed by atoms with E-state index in [-0.39, 0.29) is 18.1 Å². The van der Waals surface area contributed by atoms with Crippen molar-refractivity contribution in [2.45, 2.75) is 90.4 Å². The van der Waals surface area contributed by atoms with E-state index in [1.807, 2.05) is 20.8 Å². The molecule has 0 aromatic carbocycles. The fourth-order valence-corrected chi connectivity index (χ4v) is 4.89. The summed E-state index contributed by atoms with van der Waals surface area (Å²) in [6, 6.07) is 0. The largest absolute Gasteiger partial charge is 0.444 e. The highest BCUT2D eigenvalue weighted by Gasteiger charge is 2.58. The molecule has 3 amide bonds. The van der Waals surface area contributed by atoms with Gasteiger partial charge in [0.1, 0.15) is 17.0 Å². The summed E-state index contributed by atoms with van der Waals surface area (Å²) in [5, 5.41) is 0. The van der Waals surface area contributed by atoms with Gasteiger partial charge in [0.15, 0.2) is 0 Å². The smallest absolute Gasteiger partial charge is 0.417 e. The lowest BCUT2D eigenvalue weighted by Gasteiger charge is -2.43. The third-order valence-corrected chi connectivity index (χ3v) is 6.47. The van der Waals surface area contributed by atoms with Crippen LogP contribution in [0.25, 0.3) is 0 Å². The van der Waals surface area contributed by atoms with Crippen LogP contribution in [0.1, 0.15) is 73.6 Å². The number of imide groups is 1. The summed E-state index contributed by atoms with van der Waals surface area (Å²) in [5.41, 5.74) is -2.23. The van der Waals surface area contributed by atoms with Gasteiger partial charge in [0, 0.05) is 32.2 Å². The molecule has 0 bridgehead atoms. The topological polar surface area (TPSA) is 102 Å². The predicted octanol–water partition coefficient (Wildman–Crippen LogP) is 3.54. The molecular formula is C24H38N2O7. The third-order valence-electron chi connectivity index (χ3n) is 6.47. The molecule has 1 unspecified atom stereocenters. The molecule has 0 radical (unpaired) electrons. The zero-order chi connectivity index (χ0) is 24.6. The van der Waals surface area contributed by atoms with Gasteiger partial charge in [-0.05, 0) is 73.6 Å². The van der Waals surface area contributed by atoms with Crippen molar-refractivity contribution < 1.29 is 33.4 Å². The molecule has 9 nitrogen and oxygen atoms in total. The molecule has 0 N–H and O–H groups in total. The van der Waals surface area contributed by atoms with Gasteiger partial charge in [-0.2, -0.15) is 0 Å². The van der Waals surface area contributed by atoms with E-state index in [1.165, 1.54) is 4.90 Å². The lowest BCUT2D eigenvalue weighted by Crippen LogP contribution is -2.57. The van der Waals surface area contributed by atoms with Crippen LogP contribution in [-0.4, -0.2) is 76.7 Å². The quantitative estimate of drug-likeness (QED) is 0.574. The standard InChI is InChI=1S/C24H38N2O7/c1-22(2,3)32-20(29)25-11-9-24(10-12-25)15-17(18(27)16-7-13-31-14-8-16)19(28)26(24)21(30)33-23(4,5)6/h16-17H,7-15H2,1-6H3. The molecule has 1 spiro atoms. The van der Waals surface area contributed by atoms with Crippen LogP contribution in [0.3, 0.4) is 0 Å². The zero-order valence-electron chi connectivity index (χ0n) is 20.8. The molecule has 9 heteroatoms. The van der Waals surface area contributed by atoms with Crippen LogP contribution in [0.2, 0.25) is 0 Å². The van der Waals surface area contributed by atoms with Gasteiger partial charge in [0.2, 0.25) is 5.91 Å². The van der Waals surface area contributed by atoms with Crippen LogP contribution < -0.4 is 0 Å². The summed E-state index contributed by atoms with van der Waals surface area (Å²) in [6.07, 6.45) is 1.08. The normalized spacial score (nSPS) is 24.2. The molecule has 3 aliphatic rings. The maximum absolute atomic E-state index is 13.5. The van der Waals surface area contributed by atoms with E-state index in [2.05, 4.69) is 0 Å². The first kappa shape index (κ1) is 25.5. The highest BCUT2D eigenvalue weighted by molar-refractivity contribution is 6.09. The van der Waals surface area contributed by atoms with Crippen molar-refractivity contribution in [2.24, 2.45) is 11.8 Å². The summed E-state index contributed by atoms with van der Waals surface area (Å²) >= 11 is 0. The number of rotatable bonds is 2. The Balaban J connectivity index is 1.81. The summed E-state index contributed by atoms with van der Waals surface area (Å²) in [5.74, 6) is -1.69. The number of ether oxygens (including phenoxy) is 3. The van der Waals surface area contributed by atoms with Gasteiger partial charge in [-0.1, -0.05) is 0 Å². The summed E-state index contributed by atoms with van der Waals surface area (Å²) in [6.45, 7) is 12.3. The van der Waals surface area contributed by atoms with Crippen molar-refractivity contribution in [2.75, 3.05) is 26.3 Å². The minimum Gasteiger partial charge on any atom is -0.444 e. The van der Waals surface area contributed by atoms with E-state index in [4.69, 9.17) is 14.2 Å². The van der Waals surface area contributed by atoms with Gasteiger partial charge < -0.3 is 19.1 Å². The maximum Gasteiger partial charge on any atom is 0.417 e. The fraction of sp³-hybridized carbons (Fsp3) is 0.833. The van der Waals surface area contributed by atoms with Crippen molar-refractivity contribution >= 4 is 23.9 Å². The molecule has 3 aliphatic heterocycles. The highest BCUT2D eigenvalue weighted by atomic mass is 16.6. The van der Waals surface area contributed by atoms with E-state index in [9.17, 15) is 19.2 Å². The second-order valence-corrected chi connectivity index (χ2v) is 11.4. The number of nitrogens with zero attached hydrogens (tertiary/aromatic N) is 2. The molecule has 1 atom stereocenters. The van der Waals surface area contributed by atoms with Crippen LogP contribution in [0.15, 0.2) is 0 Å². The predicted molar refractivity (Wildman–Crippen MR) is 120 cm³/mol. The molecular weight excluding hydrogens is 428 g/mol. The lowest BCUT2D eigenvalue weighted by atomic mass is 9.79. The number of carbonyl (C=O) groups excluding carboxylic acids is 4. The molecule has 0 aromatic rings. The van der Waals surface area contributed by atoms with Crippen LogP contribution in [0.5, 0.6) is 0 Å². The molecule has 0 saturated carbocycles. The van der Waals surface area contributed by atoms with Crippen molar-refractivity contribution in [3.05, 3.63) is 0 Å². The molecule has 33 heavy (non-hydrogen) atoms. The number of Topliss-reactive ketones (excluding diaryl/α,β-unsaturated/α-hetero) is 1. The summed E-state index contributed by atoms with van der Waals surface area (Å²) in [4.78, 5) is 55.2. The lowest BCUT2D eigenvalue weighted by molar-refractivity contribution is -0.140. The highest BCUT2D eigenvalue weighted by Crippen LogP contribution is 2.44. The monoisotopic (exact) mass is 466 g/mol. The number of carbonyl (C=O) groups is 4. The molecule has 3 saturated heterocycles. The van der Waals surface area contributed by atoms with Crippen molar-refractivity contribution in [1.82, 2.24) is 9.80 Å². The Morgan fingerprint density at radius 1 is 0.909 bits per heavy atom. The van der Waals surface area contributed by atoms with Gasteiger partial charge in [-0.15, -0.1) is 0 Å². The van der Waals surface area contributed by atoms with E-state index in [0.29, 0.717) is 52.0 Å². The minimum absolute atomic E-state index is 0.108. The number of piperidine rings is 1. The molecule has 0 aromatic heterocycles. The Morgan fingerprint density at radius 2 is 1.42 bits per heavy atom. The van der Waals surface area contributed by atoms with Crippen LogP contribution in [0.4, 0.5) is 9.59 Å². The zero-order valence-corrected chi connectivity index (χ0v) is 20.8. The third kappa shape index (κ3) is 5.86. The first-order valence-electron chi connectivity index (χ1n) is 11.9. The maximum atomic E-state index is 13.5. The summed E-state index contributed by atoms with van der Waals surface area (Å²) < 4.78 is 16.4. The van der Waals surface area contributed by atoms with E-state index in [0.717, 1.165) is 0 Å². The van der Waals surface area contributed by atoms with Gasteiger partial charge in [0.05, 0.1) is 11.5 Å². The number of hydrogen-bond donors (Lipinski definition) is 0. The van der Waals surface area contributed by atoms with Crippen molar-refractivity contribution in [1.29, 1.82) is 0 Å². The summed E-state index contributed by atoms with van der Waals surface area (Å²) in [7, 11) is 0. The second-order valence-electron chi connectivity index (χ2n) is 11.4. The number of likely N-dealkylation sites (tertiary alicyclic amines) is 2. The first-order chi connectivity index (χ1) is 15.2. The Labute approximate surface area is 196 Å². The average Bonchev–Trinajstić information content (AvgIpc) is 2.97. The van der Waals surface area contributed by atoms with E-state index >= 15 is 0 Å². The van der Waals surface area contributed by atoms with Crippen LogP contribution in [0, 0.1) is 11.8 Å². The number of ketones is 1. The number of hydrogen-bond acceptors (Lipinski definition) is 7. The van der Waals surface area contributed by atoms with Gasteiger partial charge >= 0.3 is 12.2 Å². The first-order valence-corrected chi connectivity index (χ1v) is 11.9. The van der Waals surface area contributed by atoms with Gasteiger partial charge in [0.25, 0.3) is 0 Å². The van der Waals surface area contributed by atoms with Gasteiger partial charge in [-0.3, -0.25) is 9.59 Å². The SMILES string of the molecule is CC(C)(C)OC(=O)N1CCC2(CC1)CC(C(=O)C1CCOCC1)C(=O)N2C(=O)OC(C)(C)C. The van der Waals surface area contributed by atoms with E-state index < -0.39 is 40.8 Å². The molecule has 0 aliphatic carbocycles.